The molecule has 4 heteroatoms. The van der Waals surface area contributed by atoms with Crippen LogP contribution in [0.25, 0.3) is 0 Å². The minimum atomic E-state index is -0.161. The Kier molecular flexibility index (Phi) is 2.65. The smallest absolute Gasteiger partial charge is 0.246 e. The van der Waals surface area contributed by atoms with Crippen molar-refractivity contribution < 1.29 is 9.59 Å². The van der Waals surface area contributed by atoms with E-state index in [2.05, 4.69) is 12.2 Å². The summed E-state index contributed by atoms with van der Waals surface area (Å²) in [5.74, 6) is 0.319. The third-order valence-electron chi connectivity index (χ3n) is 4.12. The van der Waals surface area contributed by atoms with E-state index >= 15 is 0 Å². The van der Waals surface area contributed by atoms with Crippen molar-refractivity contribution >= 4 is 11.8 Å². The fourth-order valence-electron chi connectivity index (χ4n) is 3.16. The Morgan fingerprint density at radius 3 is 2.59 bits per heavy atom. The van der Waals surface area contributed by atoms with Gasteiger partial charge in [-0.25, -0.2) is 0 Å². The zero-order chi connectivity index (χ0) is 11.8. The van der Waals surface area contributed by atoms with E-state index in [4.69, 9.17) is 0 Å². The topological polar surface area (TPSA) is 40.6 Å². The molecule has 92 valence electrons. The number of piperidine rings is 1. The predicted octanol–water partition coefficient (Wildman–Crippen LogP) is 0.928. The van der Waals surface area contributed by atoms with Crippen molar-refractivity contribution in [2.45, 2.75) is 44.2 Å². The Labute approximate surface area is 101 Å². The molecule has 3 aliphatic rings. The van der Waals surface area contributed by atoms with E-state index in [-0.39, 0.29) is 23.9 Å². The van der Waals surface area contributed by atoms with Crippen LogP contribution in [-0.2, 0) is 9.59 Å². The van der Waals surface area contributed by atoms with Crippen LogP contribution in [-0.4, -0.2) is 46.8 Å². The number of carbonyl (C=O) groups is 2. The molecule has 0 radical (unpaired) electrons. The van der Waals surface area contributed by atoms with Gasteiger partial charge in [0.1, 0.15) is 12.6 Å². The quantitative estimate of drug-likeness (QED) is 0.633. The molecule has 1 atom stereocenters. The number of amides is 2. The minimum absolute atomic E-state index is 0.140. The monoisotopic (exact) mass is 234 g/mol. The van der Waals surface area contributed by atoms with E-state index in [1.807, 2.05) is 4.90 Å². The second kappa shape index (κ2) is 4.17. The van der Waals surface area contributed by atoms with Crippen molar-refractivity contribution in [1.29, 1.82) is 0 Å². The lowest BCUT2D eigenvalue weighted by Gasteiger charge is -2.44. The molecule has 1 unspecified atom stereocenters. The molecule has 17 heavy (non-hydrogen) atoms. The molecule has 0 N–H and O–H groups in total. The maximum Gasteiger partial charge on any atom is 0.246 e. The molecule has 0 aromatic heterocycles. The lowest BCUT2D eigenvalue weighted by atomic mass is 9.97. The van der Waals surface area contributed by atoms with E-state index in [9.17, 15) is 9.59 Å². The lowest BCUT2D eigenvalue weighted by molar-refractivity contribution is -0.159. The van der Waals surface area contributed by atoms with Gasteiger partial charge >= 0.3 is 0 Å². The van der Waals surface area contributed by atoms with Crippen LogP contribution >= 0.6 is 0 Å². The Hall–Kier alpha value is -1.32. The zero-order valence-corrected chi connectivity index (χ0v) is 9.97. The van der Waals surface area contributed by atoms with Gasteiger partial charge in [-0.2, -0.15) is 0 Å². The maximum atomic E-state index is 12.4. The van der Waals surface area contributed by atoms with Gasteiger partial charge < -0.3 is 9.80 Å². The van der Waals surface area contributed by atoms with E-state index in [1.165, 1.54) is 0 Å². The van der Waals surface area contributed by atoms with Gasteiger partial charge in [0.15, 0.2) is 0 Å². The Bertz CT molecular complexity index is 370. The molecular formula is C13H18N2O2. The molecular weight excluding hydrogens is 216 g/mol. The van der Waals surface area contributed by atoms with Crippen molar-refractivity contribution in [2.24, 2.45) is 0 Å². The van der Waals surface area contributed by atoms with E-state index in [0.29, 0.717) is 6.54 Å². The average molecular weight is 234 g/mol. The minimum Gasteiger partial charge on any atom is -0.329 e. The second-order valence-corrected chi connectivity index (χ2v) is 5.16. The van der Waals surface area contributed by atoms with Crippen molar-refractivity contribution in [3.8, 4) is 0 Å². The van der Waals surface area contributed by atoms with Crippen molar-refractivity contribution in [1.82, 2.24) is 9.80 Å². The second-order valence-electron chi connectivity index (χ2n) is 5.16. The number of piperazine rings is 1. The van der Waals surface area contributed by atoms with Gasteiger partial charge in [-0.05, 0) is 32.1 Å². The average Bonchev–Trinajstić information content (AvgIpc) is 2.87. The number of hydrogen-bond donors (Lipinski definition) is 0. The summed E-state index contributed by atoms with van der Waals surface area (Å²) < 4.78 is 0. The van der Waals surface area contributed by atoms with Gasteiger partial charge in [-0.3, -0.25) is 9.59 Å². The van der Waals surface area contributed by atoms with E-state index in [0.717, 1.165) is 38.6 Å². The number of nitrogens with zero attached hydrogens (tertiary/aromatic N) is 2. The molecule has 0 saturated carbocycles. The molecule has 0 aromatic rings. The van der Waals surface area contributed by atoms with Crippen LogP contribution in [0.15, 0.2) is 12.2 Å². The van der Waals surface area contributed by atoms with E-state index < -0.39 is 0 Å². The Balaban J connectivity index is 1.79. The highest BCUT2D eigenvalue weighted by Crippen LogP contribution is 2.27. The van der Waals surface area contributed by atoms with Crippen LogP contribution in [0, 0.1) is 0 Å². The number of fused-ring (bicyclic) bond motifs is 1. The molecule has 2 fully saturated rings. The summed E-state index contributed by atoms with van der Waals surface area (Å²) in [6, 6.07) is 0.0705. The van der Waals surface area contributed by atoms with Gasteiger partial charge in [0, 0.05) is 12.6 Å². The molecule has 1 aliphatic carbocycles. The third kappa shape index (κ3) is 1.75. The molecule has 2 saturated heterocycles. The fraction of sp³-hybridized carbons (Fsp3) is 0.692. The maximum absolute atomic E-state index is 12.4. The normalized spacial score (nSPS) is 30.0. The molecule has 2 aliphatic heterocycles. The Morgan fingerprint density at radius 2 is 1.82 bits per heavy atom. The van der Waals surface area contributed by atoms with Crippen LogP contribution in [0.2, 0.25) is 0 Å². The van der Waals surface area contributed by atoms with Gasteiger partial charge in [0.25, 0.3) is 0 Å². The predicted molar refractivity (Wildman–Crippen MR) is 63.2 cm³/mol. The van der Waals surface area contributed by atoms with Gasteiger partial charge in [-0.1, -0.05) is 12.2 Å². The first-order chi connectivity index (χ1) is 8.27. The first-order valence-electron chi connectivity index (χ1n) is 6.52. The number of rotatable bonds is 1. The Morgan fingerprint density at radius 1 is 1.06 bits per heavy atom. The summed E-state index contributed by atoms with van der Waals surface area (Å²) in [7, 11) is 0. The summed E-state index contributed by atoms with van der Waals surface area (Å²) >= 11 is 0. The highest BCUT2D eigenvalue weighted by Gasteiger charge is 2.42. The standard InChI is InChI=1S/C13H18N2O2/c16-12-9-15(10-5-1-2-6-10)13(17)11-7-3-4-8-14(11)12/h1-2,10-11H,3-9H2. The SMILES string of the molecule is O=C1C2CCCCN2C(=O)CN1C1CC=CC1. The molecule has 2 amide bonds. The molecule has 4 nitrogen and oxygen atoms in total. The largest absolute Gasteiger partial charge is 0.329 e. The molecule has 0 aromatic carbocycles. The van der Waals surface area contributed by atoms with Crippen molar-refractivity contribution in [3.05, 3.63) is 12.2 Å². The first-order valence-corrected chi connectivity index (χ1v) is 6.52. The molecule has 3 rings (SSSR count). The van der Waals surface area contributed by atoms with Crippen molar-refractivity contribution in [2.75, 3.05) is 13.1 Å². The van der Waals surface area contributed by atoms with Crippen LogP contribution in [0.5, 0.6) is 0 Å². The lowest BCUT2D eigenvalue weighted by Crippen LogP contribution is -2.63. The zero-order valence-electron chi connectivity index (χ0n) is 9.97. The summed E-state index contributed by atoms with van der Waals surface area (Å²) in [6.45, 7) is 1.06. The van der Waals surface area contributed by atoms with Crippen LogP contribution in [0.3, 0.4) is 0 Å². The molecule has 2 heterocycles. The molecule has 0 spiro atoms. The number of hydrogen-bond acceptors (Lipinski definition) is 2. The number of carbonyl (C=O) groups excluding carboxylic acids is 2. The van der Waals surface area contributed by atoms with Gasteiger partial charge in [-0.15, -0.1) is 0 Å². The van der Waals surface area contributed by atoms with Crippen LogP contribution < -0.4 is 0 Å². The van der Waals surface area contributed by atoms with Gasteiger partial charge in [0.05, 0.1) is 0 Å². The summed E-state index contributed by atoms with van der Waals surface area (Å²) in [4.78, 5) is 28.1. The van der Waals surface area contributed by atoms with E-state index in [1.54, 1.807) is 4.90 Å². The van der Waals surface area contributed by atoms with Crippen LogP contribution in [0.4, 0.5) is 0 Å². The third-order valence-corrected chi connectivity index (χ3v) is 4.12. The highest BCUT2D eigenvalue weighted by molar-refractivity contribution is 5.95. The van der Waals surface area contributed by atoms with Gasteiger partial charge in [0.2, 0.25) is 11.8 Å². The summed E-state index contributed by atoms with van der Waals surface area (Å²) in [5.41, 5.74) is 0. The van der Waals surface area contributed by atoms with Crippen molar-refractivity contribution in [3.63, 3.8) is 0 Å². The first kappa shape index (κ1) is 10.8. The summed E-state index contributed by atoms with van der Waals surface area (Å²) in [5, 5.41) is 0. The highest BCUT2D eigenvalue weighted by atomic mass is 16.2. The molecule has 0 bridgehead atoms. The fourth-order valence-corrected chi connectivity index (χ4v) is 3.16. The van der Waals surface area contributed by atoms with Crippen LogP contribution in [0.1, 0.15) is 32.1 Å². The summed E-state index contributed by atoms with van der Waals surface area (Å²) in [6.07, 6.45) is 8.99.